The molecule has 0 aromatic heterocycles. The second-order valence-corrected chi connectivity index (χ2v) is 9.99. The molecule has 2 N–H and O–H groups in total. The van der Waals surface area contributed by atoms with Gasteiger partial charge in [0.1, 0.15) is 6.04 Å². The van der Waals surface area contributed by atoms with Gasteiger partial charge in [0.15, 0.2) is 0 Å². The molecule has 9 heteroatoms. The number of carbonyl (C=O) groups is 4. The molecule has 1 unspecified atom stereocenters. The standard InChI is InChI=1S/C28H32N4O5/c1-18-2-3-19(12-21(18)16-31-8-10-37-11-9-31)14-26(34)29-15-20-4-5-23-22(13-20)17-32(28(23)36)24-6-7-25(33)30-27(24)35/h2-5,12-13,24H,6-11,14-17H2,1H3,(H,29,34)(H,30,33,35). The van der Waals surface area contributed by atoms with Crippen molar-refractivity contribution in [3.05, 3.63) is 69.8 Å². The monoisotopic (exact) mass is 504 g/mol. The van der Waals surface area contributed by atoms with Crippen LogP contribution in [-0.4, -0.2) is 65.8 Å². The summed E-state index contributed by atoms with van der Waals surface area (Å²) in [5.74, 6) is -0.994. The zero-order chi connectivity index (χ0) is 25.9. The van der Waals surface area contributed by atoms with Gasteiger partial charge in [0.05, 0.1) is 19.6 Å². The van der Waals surface area contributed by atoms with Crippen LogP contribution in [0.2, 0.25) is 0 Å². The Morgan fingerprint density at radius 2 is 1.86 bits per heavy atom. The number of fused-ring (bicyclic) bond motifs is 1. The van der Waals surface area contributed by atoms with Gasteiger partial charge >= 0.3 is 0 Å². The summed E-state index contributed by atoms with van der Waals surface area (Å²) in [5, 5.41) is 5.30. The van der Waals surface area contributed by atoms with Crippen molar-refractivity contribution in [2.45, 2.75) is 51.9 Å². The van der Waals surface area contributed by atoms with Crippen molar-refractivity contribution in [2.75, 3.05) is 26.3 Å². The largest absolute Gasteiger partial charge is 0.379 e. The second-order valence-electron chi connectivity index (χ2n) is 9.99. The van der Waals surface area contributed by atoms with Crippen LogP contribution in [0.15, 0.2) is 36.4 Å². The predicted octanol–water partition coefficient (Wildman–Crippen LogP) is 1.45. The van der Waals surface area contributed by atoms with Gasteiger partial charge in [-0.15, -0.1) is 0 Å². The Morgan fingerprint density at radius 3 is 2.65 bits per heavy atom. The van der Waals surface area contributed by atoms with Crippen molar-refractivity contribution in [3.8, 4) is 0 Å². The number of rotatable bonds is 7. The lowest BCUT2D eigenvalue weighted by molar-refractivity contribution is -0.137. The van der Waals surface area contributed by atoms with Crippen LogP contribution in [0.5, 0.6) is 0 Å². The summed E-state index contributed by atoms with van der Waals surface area (Å²) in [5.41, 5.74) is 5.71. The molecule has 4 amide bonds. The van der Waals surface area contributed by atoms with Crippen molar-refractivity contribution in [2.24, 2.45) is 0 Å². The number of aryl methyl sites for hydroxylation is 1. The molecule has 3 heterocycles. The van der Waals surface area contributed by atoms with Crippen molar-refractivity contribution in [1.29, 1.82) is 0 Å². The summed E-state index contributed by atoms with van der Waals surface area (Å²) >= 11 is 0. The summed E-state index contributed by atoms with van der Waals surface area (Å²) < 4.78 is 5.44. The average molecular weight is 505 g/mol. The highest BCUT2D eigenvalue weighted by Crippen LogP contribution is 2.28. The molecular formula is C28H32N4O5. The number of hydrogen-bond donors (Lipinski definition) is 2. The number of nitrogens with one attached hydrogen (secondary N) is 2. The van der Waals surface area contributed by atoms with E-state index < -0.39 is 11.9 Å². The Morgan fingerprint density at radius 1 is 1.08 bits per heavy atom. The normalized spacial score (nSPS) is 20.1. The van der Waals surface area contributed by atoms with Gasteiger partial charge < -0.3 is 15.0 Å². The summed E-state index contributed by atoms with van der Waals surface area (Å²) in [7, 11) is 0. The zero-order valence-corrected chi connectivity index (χ0v) is 21.0. The lowest BCUT2D eigenvalue weighted by Gasteiger charge is -2.29. The predicted molar refractivity (Wildman–Crippen MR) is 135 cm³/mol. The molecule has 0 radical (unpaired) electrons. The van der Waals surface area contributed by atoms with E-state index in [2.05, 4.69) is 34.6 Å². The molecule has 2 saturated heterocycles. The highest BCUT2D eigenvalue weighted by Gasteiger charge is 2.39. The fraction of sp³-hybridized carbons (Fsp3) is 0.429. The minimum absolute atomic E-state index is 0.0667. The third-order valence-electron chi connectivity index (χ3n) is 7.35. The van der Waals surface area contributed by atoms with Crippen LogP contribution >= 0.6 is 0 Å². The fourth-order valence-corrected chi connectivity index (χ4v) is 5.19. The molecule has 0 aliphatic carbocycles. The molecule has 2 aromatic carbocycles. The quantitative estimate of drug-likeness (QED) is 0.553. The highest BCUT2D eigenvalue weighted by atomic mass is 16.5. The number of carbonyl (C=O) groups excluding carboxylic acids is 4. The van der Waals surface area contributed by atoms with Crippen molar-refractivity contribution in [3.63, 3.8) is 0 Å². The topological polar surface area (TPSA) is 108 Å². The second kappa shape index (κ2) is 10.8. The van der Waals surface area contributed by atoms with E-state index in [4.69, 9.17) is 4.74 Å². The van der Waals surface area contributed by atoms with E-state index in [1.54, 1.807) is 6.07 Å². The maximum absolute atomic E-state index is 12.9. The molecule has 5 rings (SSSR count). The number of amides is 4. The number of hydrogen-bond acceptors (Lipinski definition) is 6. The number of ether oxygens (including phenoxy) is 1. The summed E-state index contributed by atoms with van der Waals surface area (Å²) in [6, 6.07) is 11.1. The van der Waals surface area contributed by atoms with E-state index in [1.165, 1.54) is 16.0 Å². The molecule has 3 aliphatic rings. The summed E-state index contributed by atoms with van der Waals surface area (Å²) in [6.07, 6.45) is 0.854. The van der Waals surface area contributed by atoms with E-state index in [1.807, 2.05) is 18.2 Å². The van der Waals surface area contributed by atoms with E-state index in [0.29, 0.717) is 31.5 Å². The zero-order valence-electron chi connectivity index (χ0n) is 21.0. The molecule has 1 atom stereocenters. The molecule has 0 spiro atoms. The van der Waals surface area contributed by atoms with Crippen LogP contribution in [0, 0.1) is 6.92 Å². The molecular weight excluding hydrogens is 472 g/mol. The van der Waals surface area contributed by atoms with Crippen LogP contribution in [0.1, 0.15) is 51.0 Å². The Labute approximate surface area is 216 Å². The van der Waals surface area contributed by atoms with Crippen molar-refractivity contribution >= 4 is 23.6 Å². The minimum Gasteiger partial charge on any atom is -0.379 e. The fourth-order valence-electron chi connectivity index (χ4n) is 5.19. The van der Waals surface area contributed by atoms with Gasteiger partial charge in [0.25, 0.3) is 5.91 Å². The maximum atomic E-state index is 12.9. The Bertz CT molecular complexity index is 1240. The molecule has 0 saturated carbocycles. The minimum atomic E-state index is -0.636. The number of nitrogens with zero attached hydrogens (tertiary/aromatic N) is 2. The van der Waals surface area contributed by atoms with Crippen LogP contribution < -0.4 is 10.6 Å². The molecule has 194 valence electrons. The van der Waals surface area contributed by atoms with Gasteiger partial charge in [-0.3, -0.25) is 29.4 Å². The van der Waals surface area contributed by atoms with Gasteiger partial charge in [-0.25, -0.2) is 0 Å². The van der Waals surface area contributed by atoms with E-state index in [0.717, 1.165) is 49.5 Å². The van der Waals surface area contributed by atoms with Crippen LogP contribution in [0.4, 0.5) is 0 Å². The van der Waals surface area contributed by atoms with Gasteiger partial charge in [-0.2, -0.15) is 0 Å². The van der Waals surface area contributed by atoms with E-state index in [-0.39, 0.29) is 24.1 Å². The lowest BCUT2D eigenvalue weighted by atomic mass is 10.0. The van der Waals surface area contributed by atoms with Crippen molar-refractivity contribution < 1.29 is 23.9 Å². The maximum Gasteiger partial charge on any atom is 0.255 e. The third kappa shape index (κ3) is 5.73. The number of benzene rings is 2. The molecule has 3 aliphatic heterocycles. The van der Waals surface area contributed by atoms with Crippen LogP contribution in [0.3, 0.4) is 0 Å². The third-order valence-corrected chi connectivity index (χ3v) is 7.35. The first-order valence-corrected chi connectivity index (χ1v) is 12.8. The van der Waals surface area contributed by atoms with Crippen molar-refractivity contribution in [1.82, 2.24) is 20.4 Å². The number of morpholine rings is 1. The number of imide groups is 1. The molecule has 2 fully saturated rings. The SMILES string of the molecule is Cc1ccc(CC(=O)NCc2ccc3c(c2)CN(C2CCC(=O)NC2=O)C3=O)cc1CN1CCOCC1. The molecule has 9 nitrogen and oxygen atoms in total. The van der Waals surface area contributed by atoms with E-state index in [9.17, 15) is 19.2 Å². The van der Waals surface area contributed by atoms with Gasteiger partial charge in [-0.1, -0.05) is 30.3 Å². The Kier molecular flexibility index (Phi) is 7.34. The molecule has 2 aromatic rings. The molecule has 0 bridgehead atoms. The Balaban J connectivity index is 1.17. The smallest absolute Gasteiger partial charge is 0.255 e. The molecule has 37 heavy (non-hydrogen) atoms. The van der Waals surface area contributed by atoms with Gasteiger partial charge in [0.2, 0.25) is 17.7 Å². The number of piperidine rings is 1. The van der Waals surface area contributed by atoms with E-state index >= 15 is 0 Å². The average Bonchev–Trinajstić information content (AvgIpc) is 3.21. The van der Waals surface area contributed by atoms with Crippen LogP contribution in [-0.2, 0) is 45.2 Å². The van der Waals surface area contributed by atoms with Crippen LogP contribution in [0.25, 0.3) is 0 Å². The first-order valence-electron chi connectivity index (χ1n) is 12.8. The summed E-state index contributed by atoms with van der Waals surface area (Å²) in [4.78, 5) is 53.2. The summed E-state index contributed by atoms with van der Waals surface area (Å²) in [6.45, 7) is 6.97. The lowest BCUT2D eigenvalue weighted by Crippen LogP contribution is -2.52. The van der Waals surface area contributed by atoms with Gasteiger partial charge in [0, 0.05) is 44.7 Å². The first kappa shape index (κ1) is 25.1. The Hall–Kier alpha value is -3.56. The first-order chi connectivity index (χ1) is 17.9. The highest BCUT2D eigenvalue weighted by molar-refractivity contribution is 6.05. The van der Waals surface area contributed by atoms with Gasteiger partial charge in [-0.05, 0) is 47.2 Å².